The van der Waals surface area contributed by atoms with Gasteiger partial charge < -0.3 is 0 Å². The maximum Gasteiger partial charge on any atom is 0.0944 e. The van der Waals surface area contributed by atoms with E-state index in [1.807, 2.05) is 24.3 Å². The molecule has 0 atom stereocenters. The molecule has 0 aliphatic heterocycles. The Hall–Kier alpha value is -1.15. The van der Waals surface area contributed by atoms with Crippen LogP contribution in [0.4, 0.5) is 0 Å². The summed E-state index contributed by atoms with van der Waals surface area (Å²) in [6.07, 6.45) is 1.63. The Morgan fingerprint density at radius 1 is 1.18 bits per heavy atom. The molecular formula is C8H5ClN2. The monoisotopic (exact) mass is 164 g/mol. The van der Waals surface area contributed by atoms with Crippen molar-refractivity contribution in [2.45, 2.75) is 0 Å². The van der Waals surface area contributed by atoms with E-state index in [1.54, 1.807) is 6.20 Å². The molecule has 0 spiro atoms. The standard InChI is InChI=1S/C8H5ClN2/c9-7-2-1-3-8-6(7)4-5-10-11-8/h1-5H. The van der Waals surface area contributed by atoms with Crippen LogP contribution in [-0.2, 0) is 0 Å². The summed E-state index contributed by atoms with van der Waals surface area (Å²) in [5.41, 5.74) is 0.833. The van der Waals surface area contributed by atoms with Crippen molar-refractivity contribution in [2.75, 3.05) is 0 Å². The van der Waals surface area contributed by atoms with E-state index in [1.165, 1.54) is 0 Å². The molecule has 0 radical (unpaired) electrons. The van der Waals surface area contributed by atoms with E-state index in [0.29, 0.717) is 0 Å². The SMILES string of the molecule is Clc1cccc2nnccc12. The third-order valence-electron chi connectivity index (χ3n) is 1.50. The van der Waals surface area contributed by atoms with Crippen molar-refractivity contribution >= 4 is 22.5 Å². The molecular weight excluding hydrogens is 160 g/mol. The minimum Gasteiger partial charge on any atom is -0.159 e. The molecule has 3 heteroatoms. The highest BCUT2D eigenvalue weighted by Gasteiger charge is 1.96. The van der Waals surface area contributed by atoms with Gasteiger partial charge in [0.15, 0.2) is 0 Å². The van der Waals surface area contributed by atoms with Crippen molar-refractivity contribution in [2.24, 2.45) is 0 Å². The molecule has 0 aliphatic rings. The van der Waals surface area contributed by atoms with Crippen LogP contribution in [0, 0.1) is 0 Å². The fraction of sp³-hybridized carbons (Fsp3) is 0. The van der Waals surface area contributed by atoms with Gasteiger partial charge in [-0.1, -0.05) is 17.7 Å². The average Bonchev–Trinajstić information content (AvgIpc) is 2.06. The molecule has 2 nitrogen and oxygen atoms in total. The topological polar surface area (TPSA) is 25.8 Å². The van der Waals surface area contributed by atoms with E-state index in [0.717, 1.165) is 15.9 Å². The van der Waals surface area contributed by atoms with Gasteiger partial charge in [-0.25, -0.2) is 0 Å². The van der Waals surface area contributed by atoms with Gasteiger partial charge in [-0.15, -0.1) is 0 Å². The van der Waals surface area contributed by atoms with Crippen LogP contribution in [0.1, 0.15) is 0 Å². The van der Waals surface area contributed by atoms with Gasteiger partial charge in [0.2, 0.25) is 0 Å². The van der Waals surface area contributed by atoms with Crippen molar-refractivity contribution in [3.8, 4) is 0 Å². The van der Waals surface area contributed by atoms with Crippen LogP contribution in [0.15, 0.2) is 30.5 Å². The second kappa shape index (κ2) is 2.47. The van der Waals surface area contributed by atoms with Crippen LogP contribution in [0.25, 0.3) is 10.9 Å². The summed E-state index contributed by atoms with van der Waals surface area (Å²) in [5, 5.41) is 9.32. The van der Waals surface area contributed by atoms with Crippen molar-refractivity contribution in [1.82, 2.24) is 10.2 Å². The summed E-state index contributed by atoms with van der Waals surface area (Å²) < 4.78 is 0. The third kappa shape index (κ3) is 1.05. The fourth-order valence-electron chi connectivity index (χ4n) is 0.981. The number of halogens is 1. The predicted molar refractivity (Wildman–Crippen MR) is 44.5 cm³/mol. The highest BCUT2D eigenvalue weighted by molar-refractivity contribution is 6.35. The second-order valence-electron chi connectivity index (χ2n) is 2.20. The summed E-state index contributed by atoms with van der Waals surface area (Å²) in [6.45, 7) is 0. The molecule has 0 fully saturated rings. The van der Waals surface area contributed by atoms with E-state index in [4.69, 9.17) is 11.6 Å². The number of hydrogen-bond donors (Lipinski definition) is 0. The highest BCUT2D eigenvalue weighted by Crippen LogP contribution is 2.19. The van der Waals surface area contributed by atoms with Gasteiger partial charge in [-0.2, -0.15) is 10.2 Å². The molecule has 0 saturated heterocycles. The molecule has 0 bridgehead atoms. The number of aromatic nitrogens is 2. The van der Waals surface area contributed by atoms with Gasteiger partial charge in [-0.3, -0.25) is 0 Å². The number of nitrogens with zero attached hydrogens (tertiary/aromatic N) is 2. The molecule has 1 aromatic heterocycles. The van der Waals surface area contributed by atoms with Crippen molar-refractivity contribution in [3.63, 3.8) is 0 Å². The first-order valence-corrected chi connectivity index (χ1v) is 3.61. The minimum atomic E-state index is 0.720. The summed E-state index contributed by atoms with van der Waals surface area (Å²) in [6, 6.07) is 7.43. The normalized spacial score (nSPS) is 10.3. The molecule has 1 aromatic carbocycles. The molecule has 2 aromatic rings. The Kier molecular flexibility index (Phi) is 1.47. The van der Waals surface area contributed by atoms with Crippen LogP contribution >= 0.6 is 11.6 Å². The number of hydrogen-bond acceptors (Lipinski definition) is 2. The molecule has 54 valence electrons. The number of fused-ring (bicyclic) bond motifs is 1. The lowest BCUT2D eigenvalue weighted by atomic mass is 10.2. The van der Waals surface area contributed by atoms with Gasteiger partial charge in [-0.05, 0) is 18.2 Å². The number of rotatable bonds is 0. The van der Waals surface area contributed by atoms with Gasteiger partial charge in [0, 0.05) is 5.39 Å². The second-order valence-corrected chi connectivity index (χ2v) is 2.61. The summed E-state index contributed by atoms with van der Waals surface area (Å²) in [7, 11) is 0. The zero-order valence-electron chi connectivity index (χ0n) is 5.66. The Balaban J connectivity index is 2.91. The molecule has 11 heavy (non-hydrogen) atoms. The summed E-state index contributed by atoms with van der Waals surface area (Å²) in [4.78, 5) is 0. The maximum absolute atomic E-state index is 5.89. The average molecular weight is 165 g/mol. The smallest absolute Gasteiger partial charge is 0.0944 e. The van der Waals surface area contributed by atoms with Gasteiger partial charge in [0.1, 0.15) is 0 Å². The zero-order chi connectivity index (χ0) is 7.68. The zero-order valence-corrected chi connectivity index (χ0v) is 6.42. The molecule has 2 rings (SSSR count). The Morgan fingerprint density at radius 3 is 2.91 bits per heavy atom. The van der Waals surface area contributed by atoms with Crippen LogP contribution in [0.2, 0.25) is 5.02 Å². The summed E-state index contributed by atoms with van der Waals surface area (Å²) >= 11 is 5.89. The molecule has 0 saturated carbocycles. The summed E-state index contributed by atoms with van der Waals surface area (Å²) in [5.74, 6) is 0. The van der Waals surface area contributed by atoms with E-state index in [-0.39, 0.29) is 0 Å². The maximum atomic E-state index is 5.89. The molecule has 0 unspecified atom stereocenters. The van der Waals surface area contributed by atoms with Crippen LogP contribution < -0.4 is 0 Å². The van der Waals surface area contributed by atoms with E-state index >= 15 is 0 Å². The van der Waals surface area contributed by atoms with Crippen molar-refractivity contribution in [3.05, 3.63) is 35.5 Å². The highest BCUT2D eigenvalue weighted by atomic mass is 35.5. The van der Waals surface area contributed by atoms with Gasteiger partial charge in [0.25, 0.3) is 0 Å². The largest absolute Gasteiger partial charge is 0.159 e. The van der Waals surface area contributed by atoms with E-state index in [9.17, 15) is 0 Å². The van der Waals surface area contributed by atoms with Crippen LogP contribution in [0.5, 0.6) is 0 Å². The Bertz CT molecular complexity index is 381. The van der Waals surface area contributed by atoms with E-state index in [2.05, 4.69) is 10.2 Å². The molecule has 0 N–H and O–H groups in total. The van der Waals surface area contributed by atoms with E-state index < -0.39 is 0 Å². The lowest BCUT2D eigenvalue weighted by Crippen LogP contribution is -1.81. The molecule has 0 amide bonds. The van der Waals surface area contributed by atoms with Gasteiger partial charge >= 0.3 is 0 Å². The van der Waals surface area contributed by atoms with Crippen molar-refractivity contribution in [1.29, 1.82) is 0 Å². The quantitative estimate of drug-likeness (QED) is 0.597. The molecule has 0 aliphatic carbocycles. The first-order chi connectivity index (χ1) is 5.38. The Labute approximate surface area is 68.8 Å². The lowest BCUT2D eigenvalue weighted by molar-refractivity contribution is 1.08. The minimum absolute atomic E-state index is 0.720. The van der Waals surface area contributed by atoms with Crippen LogP contribution in [-0.4, -0.2) is 10.2 Å². The third-order valence-corrected chi connectivity index (χ3v) is 1.83. The predicted octanol–water partition coefficient (Wildman–Crippen LogP) is 2.28. The number of benzene rings is 1. The fourth-order valence-corrected chi connectivity index (χ4v) is 1.21. The molecule has 1 heterocycles. The first kappa shape index (κ1) is 6.55. The van der Waals surface area contributed by atoms with Crippen molar-refractivity contribution < 1.29 is 0 Å². The first-order valence-electron chi connectivity index (χ1n) is 3.24. The Morgan fingerprint density at radius 2 is 2.09 bits per heavy atom. The lowest BCUT2D eigenvalue weighted by Gasteiger charge is -1.95. The van der Waals surface area contributed by atoms with Gasteiger partial charge in [0.05, 0.1) is 16.7 Å². The van der Waals surface area contributed by atoms with Crippen LogP contribution in [0.3, 0.4) is 0 Å².